The average Bonchev–Trinajstić information content (AvgIpc) is 3.04. The molecule has 1 amide bonds. The molecule has 2 saturated carbocycles. The van der Waals surface area contributed by atoms with Gasteiger partial charge in [-0.3, -0.25) is 4.79 Å². The van der Waals surface area contributed by atoms with Crippen molar-refractivity contribution in [2.75, 3.05) is 5.32 Å². The Morgan fingerprint density at radius 3 is 2.61 bits per heavy atom. The summed E-state index contributed by atoms with van der Waals surface area (Å²) in [5, 5.41) is 6.31. The molecule has 3 rings (SSSR count). The second-order valence-electron chi connectivity index (χ2n) is 5.16. The van der Waals surface area contributed by atoms with Crippen molar-refractivity contribution in [3.63, 3.8) is 0 Å². The Hall–Kier alpha value is -1.65. The molecule has 96 valence electrons. The molecule has 0 unspecified atom stereocenters. The second-order valence-corrected chi connectivity index (χ2v) is 5.16. The molecule has 0 spiro atoms. The van der Waals surface area contributed by atoms with E-state index < -0.39 is 0 Å². The van der Waals surface area contributed by atoms with Crippen LogP contribution in [0, 0.1) is 0 Å². The SMILES string of the molecule is O=C(NC1CC1)c1cc(NC2CCCC2)ncn1. The van der Waals surface area contributed by atoms with E-state index in [1.54, 1.807) is 6.07 Å². The van der Waals surface area contributed by atoms with Crippen molar-refractivity contribution in [2.45, 2.75) is 50.6 Å². The van der Waals surface area contributed by atoms with Crippen molar-refractivity contribution in [3.8, 4) is 0 Å². The van der Waals surface area contributed by atoms with E-state index in [1.165, 1.54) is 32.0 Å². The number of carbonyl (C=O) groups excluding carboxylic acids is 1. The Bertz CT molecular complexity index is 438. The minimum Gasteiger partial charge on any atom is -0.367 e. The van der Waals surface area contributed by atoms with Crippen molar-refractivity contribution in [1.82, 2.24) is 15.3 Å². The number of anilines is 1. The van der Waals surface area contributed by atoms with Gasteiger partial charge in [-0.2, -0.15) is 0 Å². The maximum atomic E-state index is 11.9. The maximum absolute atomic E-state index is 11.9. The van der Waals surface area contributed by atoms with E-state index in [9.17, 15) is 4.79 Å². The summed E-state index contributed by atoms with van der Waals surface area (Å²) in [7, 11) is 0. The van der Waals surface area contributed by atoms with Crippen molar-refractivity contribution < 1.29 is 4.79 Å². The zero-order chi connectivity index (χ0) is 12.4. The van der Waals surface area contributed by atoms with Crippen molar-refractivity contribution in [2.24, 2.45) is 0 Å². The van der Waals surface area contributed by atoms with Crippen LogP contribution in [0.3, 0.4) is 0 Å². The zero-order valence-electron chi connectivity index (χ0n) is 10.4. The third-order valence-corrected chi connectivity index (χ3v) is 3.52. The molecule has 2 N–H and O–H groups in total. The van der Waals surface area contributed by atoms with E-state index in [0.717, 1.165) is 18.7 Å². The van der Waals surface area contributed by atoms with Crippen LogP contribution in [0.25, 0.3) is 0 Å². The number of rotatable bonds is 4. The van der Waals surface area contributed by atoms with Crippen LogP contribution in [0.15, 0.2) is 12.4 Å². The average molecular weight is 246 g/mol. The van der Waals surface area contributed by atoms with Gasteiger partial charge in [0, 0.05) is 18.2 Å². The molecular formula is C13H18N4O. The molecule has 0 radical (unpaired) electrons. The van der Waals surface area contributed by atoms with E-state index in [2.05, 4.69) is 20.6 Å². The summed E-state index contributed by atoms with van der Waals surface area (Å²) in [6.45, 7) is 0. The first-order chi connectivity index (χ1) is 8.81. The quantitative estimate of drug-likeness (QED) is 0.849. The molecule has 0 aromatic carbocycles. The molecule has 5 heteroatoms. The lowest BCUT2D eigenvalue weighted by atomic mass is 10.2. The van der Waals surface area contributed by atoms with Gasteiger partial charge in [-0.05, 0) is 25.7 Å². The van der Waals surface area contributed by atoms with Gasteiger partial charge in [-0.1, -0.05) is 12.8 Å². The Labute approximate surface area is 106 Å². The first-order valence-corrected chi connectivity index (χ1v) is 6.71. The summed E-state index contributed by atoms with van der Waals surface area (Å²) in [5.74, 6) is 0.673. The van der Waals surface area contributed by atoms with Crippen LogP contribution in [0.5, 0.6) is 0 Å². The Morgan fingerprint density at radius 1 is 1.11 bits per heavy atom. The lowest BCUT2D eigenvalue weighted by Gasteiger charge is -2.12. The smallest absolute Gasteiger partial charge is 0.270 e. The van der Waals surface area contributed by atoms with Crippen LogP contribution < -0.4 is 10.6 Å². The Kier molecular flexibility index (Phi) is 3.13. The number of aromatic nitrogens is 2. The fourth-order valence-corrected chi connectivity index (χ4v) is 2.33. The molecule has 5 nitrogen and oxygen atoms in total. The lowest BCUT2D eigenvalue weighted by molar-refractivity contribution is 0.0946. The molecule has 2 aliphatic carbocycles. The molecule has 1 aromatic rings. The number of nitrogens with one attached hydrogen (secondary N) is 2. The number of hydrogen-bond acceptors (Lipinski definition) is 4. The fourth-order valence-electron chi connectivity index (χ4n) is 2.33. The summed E-state index contributed by atoms with van der Waals surface area (Å²) < 4.78 is 0. The van der Waals surface area contributed by atoms with Gasteiger partial charge in [0.1, 0.15) is 17.8 Å². The number of carbonyl (C=O) groups is 1. The van der Waals surface area contributed by atoms with Crippen molar-refractivity contribution in [1.29, 1.82) is 0 Å². The standard InChI is InChI=1S/C13H18N4O/c18-13(17-10-5-6-10)11-7-12(15-8-14-11)16-9-3-1-2-4-9/h7-10H,1-6H2,(H,17,18)(H,14,15,16). The highest BCUT2D eigenvalue weighted by Crippen LogP contribution is 2.22. The highest BCUT2D eigenvalue weighted by molar-refractivity contribution is 5.93. The highest BCUT2D eigenvalue weighted by Gasteiger charge is 2.24. The van der Waals surface area contributed by atoms with Crippen LogP contribution in [0.2, 0.25) is 0 Å². The van der Waals surface area contributed by atoms with Crippen LogP contribution in [-0.4, -0.2) is 28.0 Å². The van der Waals surface area contributed by atoms with Gasteiger partial charge in [0.25, 0.3) is 5.91 Å². The summed E-state index contributed by atoms with van der Waals surface area (Å²) in [6, 6.07) is 2.61. The highest BCUT2D eigenvalue weighted by atomic mass is 16.2. The topological polar surface area (TPSA) is 66.9 Å². The summed E-state index contributed by atoms with van der Waals surface area (Å²) in [5.41, 5.74) is 0.456. The maximum Gasteiger partial charge on any atom is 0.270 e. The van der Waals surface area contributed by atoms with Crippen molar-refractivity contribution in [3.05, 3.63) is 18.1 Å². The van der Waals surface area contributed by atoms with Crippen molar-refractivity contribution >= 4 is 11.7 Å². The van der Waals surface area contributed by atoms with Gasteiger partial charge in [-0.25, -0.2) is 9.97 Å². The van der Waals surface area contributed by atoms with Gasteiger partial charge < -0.3 is 10.6 Å². The van der Waals surface area contributed by atoms with Gasteiger partial charge in [0.2, 0.25) is 0 Å². The van der Waals surface area contributed by atoms with E-state index in [0.29, 0.717) is 17.8 Å². The van der Waals surface area contributed by atoms with Crippen LogP contribution in [0.1, 0.15) is 49.0 Å². The Balaban J connectivity index is 1.65. The Morgan fingerprint density at radius 2 is 1.89 bits per heavy atom. The summed E-state index contributed by atoms with van der Waals surface area (Å²) in [6.07, 6.45) is 8.56. The first kappa shape index (κ1) is 11.4. The van der Waals surface area contributed by atoms with Gasteiger partial charge in [0.15, 0.2) is 0 Å². The fraction of sp³-hybridized carbons (Fsp3) is 0.615. The molecule has 0 saturated heterocycles. The largest absolute Gasteiger partial charge is 0.367 e. The van der Waals surface area contributed by atoms with Gasteiger partial charge in [0.05, 0.1) is 0 Å². The number of nitrogens with zero attached hydrogens (tertiary/aromatic N) is 2. The summed E-state index contributed by atoms with van der Waals surface area (Å²) >= 11 is 0. The van der Waals surface area contributed by atoms with Gasteiger partial charge in [-0.15, -0.1) is 0 Å². The summed E-state index contributed by atoms with van der Waals surface area (Å²) in [4.78, 5) is 20.1. The molecule has 0 aliphatic heterocycles. The van der Waals surface area contributed by atoms with Crippen LogP contribution in [-0.2, 0) is 0 Å². The third kappa shape index (κ3) is 2.78. The minimum atomic E-state index is -0.0885. The normalized spacial score (nSPS) is 19.8. The first-order valence-electron chi connectivity index (χ1n) is 6.71. The molecular weight excluding hydrogens is 228 g/mol. The van der Waals surface area contributed by atoms with Crippen LogP contribution >= 0.6 is 0 Å². The lowest BCUT2D eigenvalue weighted by Crippen LogP contribution is -2.26. The van der Waals surface area contributed by atoms with E-state index in [4.69, 9.17) is 0 Å². The number of amides is 1. The molecule has 2 aliphatic rings. The van der Waals surface area contributed by atoms with Crippen LogP contribution in [0.4, 0.5) is 5.82 Å². The molecule has 1 heterocycles. The molecule has 18 heavy (non-hydrogen) atoms. The predicted molar refractivity (Wildman–Crippen MR) is 68.4 cm³/mol. The number of hydrogen-bond donors (Lipinski definition) is 2. The molecule has 1 aromatic heterocycles. The monoisotopic (exact) mass is 246 g/mol. The minimum absolute atomic E-state index is 0.0885. The third-order valence-electron chi connectivity index (χ3n) is 3.52. The predicted octanol–water partition coefficient (Wildman–Crippen LogP) is 1.72. The van der Waals surface area contributed by atoms with E-state index in [-0.39, 0.29) is 5.91 Å². The second kappa shape index (κ2) is 4.92. The van der Waals surface area contributed by atoms with Gasteiger partial charge >= 0.3 is 0 Å². The molecule has 0 bridgehead atoms. The van der Waals surface area contributed by atoms with E-state index >= 15 is 0 Å². The molecule has 0 atom stereocenters. The molecule has 2 fully saturated rings. The van der Waals surface area contributed by atoms with E-state index in [1.807, 2.05) is 0 Å². The zero-order valence-corrected chi connectivity index (χ0v) is 10.4.